The van der Waals surface area contributed by atoms with E-state index in [4.69, 9.17) is 0 Å². The molecule has 1 aromatic heterocycles. The summed E-state index contributed by atoms with van der Waals surface area (Å²) in [5, 5.41) is 6.18. The quantitative estimate of drug-likeness (QED) is 0.598. The predicted octanol–water partition coefficient (Wildman–Crippen LogP) is 2.24. The number of carbonyl (C=O) groups is 1. The van der Waals surface area contributed by atoms with Gasteiger partial charge in [-0.15, -0.1) is 0 Å². The summed E-state index contributed by atoms with van der Waals surface area (Å²) in [4.78, 5) is 39.3. The minimum Gasteiger partial charge on any atom is -0.352 e. The van der Waals surface area contributed by atoms with Crippen molar-refractivity contribution in [3.8, 4) is 0 Å². The zero-order valence-corrected chi connectivity index (χ0v) is 17.6. The highest BCUT2D eigenvalue weighted by Crippen LogP contribution is 2.12. The molecule has 0 saturated carbocycles. The molecule has 1 heterocycles. The summed E-state index contributed by atoms with van der Waals surface area (Å²) in [6, 6.07) is 15.1. The SMILES string of the molecule is CC(C)N(C)Cc1ccccc1CNC(=O)CCn1[nH]c(=O)c2ccccc2c1=O. The molecule has 0 aliphatic rings. The van der Waals surface area contributed by atoms with E-state index in [-0.39, 0.29) is 30.0 Å². The van der Waals surface area contributed by atoms with Crippen molar-refractivity contribution >= 4 is 16.7 Å². The van der Waals surface area contributed by atoms with Crippen LogP contribution in [0.3, 0.4) is 0 Å². The topological polar surface area (TPSA) is 87.2 Å². The Labute approximate surface area is 175 Å². The van der Waals surface area contributed by atoms with Gasteiger partial charge in [-0.3, -0.25) is 24.4 Å². The van der Waals surface area contributed by atoms with Crippen LogP contribution in [0.4, 0.5) is 0 Å². The number of amides is 1. The standard InChI is InChI=1S/C23H28N4O3/c1-16(2)26(3)15-18-9-5-4-8-17(18)14-24-21(28)12-13-27-23(30)20-11-7-6-10-19(20)22(29)25-27/h4-11,16H,12-15H2,1-3H3,(H,24,28)(H,25,29). The second kappa shape index (κ2) is 9.54. The van der Waals surface area contributed by atoms with E-state index in [2.05, 4.69) is 42.3 Å². The minimum absolute atomic E-state index is 0.0995. The first-order chi connectivity index (χ1) is 14.4. The molecular formula is C23H28N4O3. The van der Waals surface area contributed by atoms with Crippen LogP contribution >= 0.6 is 0 Å². The first-order valence-corrected chi connectivity index (χ1v) is 10.1. The third-order valence-electron chi connectivity index (χ3n) is 5.34. The Morgan fingerprint density at radius 3 is 2.37 bits per heavy atom. The highest BCUT2D eigenvalue weighted by atomic mass is 16.2. The van der Waals surface area contributed by atoms with Gasteiger partial charge in [-0.1, -0.05) is 36.4 Å². The van der Waals surface area contributed by atoms with Gasteiger partial charge in [0.25, 0.3) is 11.1 Å². The monoisotopic (exact) mass is 408 g/mol. The molecule has 0 radical (unpaired) electrons. The molecule has 0 aliphatic heterocycles. The van der Waals surface area contributed by atoms with E-state index in [1.807, 2.05) is 18.2 Å². The lowest BCUT2D eigenvalue weighted by molar-refractivity contribution is -0.121. The Morgan fingerprint density at radius 1 is 1.03 bits per heavy atom. The fourth-order valence-electron chi connectivity index (χ4n) is 3.24. The van der Waals surface area contributed by atoms with Crippen LogP contribution < -0.4 is 16.4 Å². The molecule has 3 rings (SSSR count). The van der Waals surface area contributed by atoms with Crippen molar-refractivity contribution in [3.63, 3.8) is 0 Å². The number of nitrogens with zero attached hydrogens (tertiary/aromatic N) is 2. The van der Waals surface area contributed by atoms with Crippen LogP contribution in [-0.4, -0.2) is 33.7 Å². The normalized spacial score (nSPS) is 11.4. The van der Waals surface area contributed by atoms with Gasteiger partial charge < -0.3 is 5.32 Å². The molecule has 0 bridgehead atoms. The summed E-state index contributed by atoms with van der Waals surface area (Å²) in [5.41, 5.74) is 1.59. The lowest BCUT2D eigenvalue weighted by Crippen LogP contribution is -2.32. The molecule has 0 spiro atoms. The van der Waals surface area contributed by atoms with Gasteiger partial charge in [0.1, 0.15) is 0 Å². The first-order valence-electron chi connectivity index (χ1n) is 10.1. The molecular weight excluding hydrogens is 380 g/mol. The molecule has 1 amide bonds. The zero-order valence-electron chi connectivity index (χ0n) is 17.6. The summed E-state index contributed by atoms with van der Waals surface area (Å²) in [7, 11) is 2.07. The minimum atomic E-state index is -0.339. The number of rotatable bonds is 8. The zero-order chi connectivity index (χ0) is 21.7. The van der Waals surface area contributed by atoms with E-state index in [1.165, 1.54) is 10.2 Å². The number of aromatic amines is 1. The van der Waals surface area contributed by atoms with Crippen molar-refractivity contribution < 1.29 is 4.79 Å². The van der Waals surface area contributed by atoms with E-state index in [9.17, 15) is 14.4 Å². The van der Waals surface area contributed by atoms with E-state index >= 15 is 0 Å². The third-order valence-corrected chi connectivity index (χ3v) is 5.34. The second-order valence-corrected chi connectivity index (χ2v) is 7.75. The fourth-order valence-corrected chi connectivity index (χ4v) is 3.24. The van der Waals surface area contributed by atoms with Crippen LogP contribution in [0.25, 0.3) is 10.8 Å². The van der Waals surface area contributed by atoms with E-state index in [0.717, 1.165) is 12.1 Å². The van der Waals surface area contributed by atoms with Crippen molar-refractivity contribution in [2.45, 2.75) is 45.9 Å². The molecule has 0 unspecified atom stereocenters. The summed E-state index contributed by atoms with van der Waals surface area (Å²) < 4.78 is 1.20. The maximum Gasteiger partial charge on any atom is 0.273 e. The van der Waals surface area contributed by atoms with Gasteiger partial charge >= 0.3 is 0 Å². The average Bonchev–Trinajstić information content (AvgIpc) is 2.74. The average molecular weight is 409 g/mol. The van der Waals surface area contributed by atoms with Gasteiger partial charge in [0.2, 0.25) is 5.91 Å². The van der Waals surface area contributed by atoms with E-state index < -0.39 is 0 Å². The van der Waals surface area contributed by atoms with Gasteiger partial charge in [0.05, 0.1) is 17.3 Å². The lowest BCUT2D eigenvalue weighted by atomic mass is 10.1. The van der Waals surface area contributed by atoms with Crippen molar-refractivity contribution in [1.29, 1.82) is 0 Å². The number of carbonyl (C=O) groups excluding carboxylic acids is 1. The molecule has 30 heavy (non-hydrogen) atoms. The highest BCUT2D eigenvalue weighted by Gasteiger charge is 2.11. The molecule has 7 heteroatoms. The van der Waals surface area contributed by atoms with Gasteiger partial charge in [-0.2, -0.15) is 0 Å². The number of benzene rings is 2. The van der Waals surface area contributed by atoms with Gasteiger partial charge in [-0.05, 0) is 44.2 Å². The lowest BCUT2D eigenvalue weighted by Gasteiger charge is -2.22. The summed E-state index contributed by atoms with van der Waals surface area (Å²) in [6.45, 7) is 5.62. The van der Waals surface area contributed by atoms with Crippen LogP contribution in [-0.2, 0) is 24.4 Å². The van der Waals surface area contributed by atoms with Crippen LogP contribution in [0, 0.1) is 0 Å². The van der Waals surface area contributed by atoms with E-state index in [0.29, 0.717) is 23.4 Å². The van der Waals surface area contributed by atoms with Crippen LogP contribution in [0.2, 0.25) is 0 Å². The second-order valence-electron chi connectivity index (χ2n) is 7.75. The Kier molecular flexibility index (Phi) is 6.84. The Balaban J connectivity index is 1.63. The van der Waals surface area contributed by atoms with Crippen LogP contribution in [0.1, 0.15) is 31.4 Å². The Morgan fingerprint density at radius 2 is 1.67 bits per heavy atom. The summed E-state index contributed by atoms with van der Waals surface area (Å²) in [5.74, 6) is -0.178. The molecule has 0 atom stereocenters. The number of aromatic nitrogens is 2. The molecule has 0 fully saturated rings. The molecule has 0 saturated heterocycles. The van der Waals surface area contributed by atoms with Crippen LogP contribution in [0.15, 0.2) is 58.1 Å². The molecule has 7 nitrogen and oxygen atoms in total. The molecule has 3 aromatic rings. The van der Waals surface area contributed by atoms with Crippen molar-refractivity contribution in [2.75, 3.05) is 7.05 Å². The van der Waals surface area contributed by atoms with Crippen LogP contribution in [0.5, 0.6) is 0 Å². The molecule has 2 N–H and O–H groups in total. The molecule has 158 valence electrons. The van der Waals surface area contributed by atoms with Crippen molar-refractivity contribution in [1.82, 2.24) is 20.0 Å². The first kappa shape index (κ1) is 21.5. The summed E-state index contributed by atoms with van der Waals surface area (Å²) >= 11 is 0. The van der Waals surface area contributed by atoms with Crippen molar-refractivity contribution in [2.24, 2.45) is 0 Å². The number of fused-ring (bicyclic) bond motifs is 1. The third kappa shape index (κ3) is 5.04. The molecule has 0 aliphatic carbocycles. The maximum atomic E-state index is 12.5. The summed E-state index contributed by atoms with van der Waals surface area (Å²) in [6.07, 6.45) is 0.0995. The van der Waals surface area contributed by atoms with Crippen molar-refractivity contribution in [3.05, 3.63) is 80.4 Å². The smallest absolute Gasteiger partial charge is 0.273 e. The number of H-pyrrole nitrogens is 1. The largest absolute Gasteiger partial charge is 0.352 e. The number of nitrogens with one attached hydrogen (secondary N) is 2. The highest BCUT2D eigenvalue weighted by molar-refractivity contribution is 5.80. The predicted molar refractivity (Wildman–Crippen MR) is 118 cm³/mol. The number of hydrogen-bond donors (Lipinski definition) is 2. The maximum absolute atomic E-state index is 12.5. The Bertz CT molecular complexity index is 1150. The van der Waals surface area contributed by atoms with Gasteiger partial charge in [-0.25, -0.2) is 4.68 Å². The fraction of sp³-hybridized carbons (Fsp3) is 0.348. The number of aryl methyl sites for hydroxylation is 1. The van der Waals surface area contributed by atoms with Gasteiger partial charge in [0.15, 0.2) is 0 Å². The molecule has 2 aromatic carbocycles. The van der Waals surface area contributed by atoms with Gasteiger partial charge in [0, 0.05) is 25.6 Å². The van der Waals surface area contributed by atoms with E-state index in [1.54, 1.807) is 24.3 Å². The number of hydrogen-bond acceptors (Lipinski definition) is 4. The Hall–Kier alpha value is -3.19.